The van der Waals surface area contributed by atoms with E-state index in [2.05, 4.69) is 57.5 Å². The summed E-state index contributed by atoms with van der Waals surface area (Å²) < 4.78 is 0.232. The summed E-state index contributed by atoms with van der Waals surface area (Å²) in [5.74, 6) is 2.17. The van der Waals surface area contributed by atoms with Crippen LogP contribution in [-0.2, 0) is 0 Å². The Morgan fingerprint density at radius 1 is 1.24 bits per heavy atom. The molecule has 1 rings (SSSR count). The van der Waals surface area contributed by atoms with Crippen molar-refractivity contribution < 1.29 is 0 Å². The van der Waals surface area contributed by atoms with Gasteiger partial charge in [-0.05, 0) is 18.8 Å². The molecule has 102 valence electrons. The Hall–Kier alpha value is 1.31. The third kappa shape index (κ3) is 6.87. The van der Waals surface area contributed by atoms with Gasteiger partial charge in [-0.25, -0.2) is 0 Å². The van der Waals surface area contributed by atoms with Crippen LogP contribution in [0.2, 0.25) is 0 Å². The van der Waals surface area contributed by atoms with Gasteiger partial charge in [-0.2, -0.15) is 11.8 Å². The molecule has 3 heteroatoms. The molecule has 1 aliphatic rings. The van der Waals surface area contributed by atoms with Crippen LogP contribution in [0.3, 0.4) is 0 Å². The van der Waals surface area contributed by atoms with Crippen LogP contribution in [0, 0.1) is 5.92 Å². The number of halogens is 2. The Bertz CT molecular complexity index is 206. The van der Waals surface area contributed by atoms with Gasteiger partial charge in [-0.3, -0.25) is 0 Å². The average Bonchev–Trinajstić information content (AvgIpc) is 2.62. The highest BCUT2D eigenvalue weighted by Gasteiger charge is 2.35. The molecule has 0 amide bonds. The molecular formula is C14H26Br2S. The zero-order valence-electron chi connectivity index (χ0n) is 11.2. The number of rotatable bonds is 8. The van der Waals surface area contributed by atoms with Gasteiger partial charge in [0, 0.05) is 11.0 Å². The summed E-state index contributed by atoms with van der Waals surface area (Å²) >= 11 is 9.67. The van der Waals surface area contributed by atoms with Crippen molar-refractivity contribution in [2.75, 3.05) is 5.75 Å². The molecule has 2 unspecified atom stereocenters. The van der Waals surface area contributed by atoms with Crippen LogP contribution in [0.15, 0.2) is 0 Å². The van der Waals surface area contributed by atoms with Crippen LogP contribution in [0.25, 0.3) is 0 Å². The van der Waals surface area contributed by atoms with Crippen LogP contribution in [-0.4, -0.2) is 14.2 Å². The second kappa shape index (κ2) is 8.47. The summed E-state index contributed by atoms with van der Waals surface area (Å²) in [6.07, 6.45) is 11.2. The molecule has 2 atom stereocenters. The van der Waals surface area contributed by atoms with E-state index in [1.54, 1.807) is 0 Å². The quantitative estimate of drug-likeness (QED) is 0.345. The second-order valence-corrected chi connectivity index (χ2v) is 10.7. The molecule has 0 bridgehead atoms. The van der Waals surface area contributed by atoms with E-state index < -0.39 is 0 Å². The molecule has 0 N–H and O–H groups in total. The molecule has 0 aliphatic carbocycles. The van der Waals surface area contributed by atoms with Crippen LogP contribution in [0.4, 0.5) is 0 Å². The lowest BCUT2D eigenvalue weighted by molar-refractivity contribution is 0.406. The largest absolute Gasteiger partial charge is 0.156 e. The summed E-state index contributed by atoms with van der Waals surface area (Å²) in [4.78, 5) is 0. The van der Waals surface area contributed by atoms with E-state index in [1.165, 1.54) is 57.1 Å². The first-order valence-corrected chi connectivity index (χ1v) is 9.70. The predicted molar refractivity (Wildman–Crippen MR) is 88.6 cm³/mol. The molecule has 1 fully saturated rings. The van der Waals surface area contributed by atoms with Crippen molar-refractivity contribution in [3.8, 4) is 0 Å². The summed E-state index contributed by atoms with van der Waals surface area (Å²) in [5, 5.41) is 0.866. The van der Waals surface area contributed by atoms with E-state index in [0.29, 0.717) is 0 Å². The first kappa shape index (κ1) is 16.4. The standard InChI is InChI=1S/C14H26Br2S/c1-3-5-6-7-8-12(4-2)9-13-10-14(15,16)11-17-13/h12-13H,3-11H2,1-2H3. The van der Waals surface area contributed by atoms with Gasteiger partial charge < -0.3 is 0 Å². The van der Waals surface area contributed by atoms with Crippen molar-refractivity contribution in [2.45, 2.75) is 73.7 Å². The summed E-state index contributed by atoms with van der Waals surface area (Å²) in [7, 11) is 0. The molecule has 17 heavy (non-hydrogen) atoms. The molecular weight excluding hydrogens is 360 g/mol. The third-order valence-corrected chi connectivity index (χ3v) is 7.14. The number of hydrogen-bond acceptors (Lipinski definition) is 1. The zero-order chi connectivity index (χ0) is 12.7. The van der Waals surface area contributed by atoms with E-state index in [1.807, 2.05) is 0 Å². The SMILES string of the molecule is CCCCCCC(CC)CC1CC(Br)(Br)CS1. The molecule has 0 saturated carbocycles. The first-order valence-electron chi connectivity index (χ1n) is 7.06. The first-order chi connectivity index (χ1) is 8.07. The van der Waals surface area contributed by atoms with Crippen molar-refractivity contribution in [1.82, 2.24) is 0 Å². The lowest BCUT2D eigenvalue weighted by Gasteiger charge is -2.19. The number of alkyl halides is 2. The predicted octanol–water partition coefficient (Wildman–Crippen LogP) is 6.36. The molecule has 0 nitrogen and oxygen atoms in total. The van der Waals surface area contributed by atoms with E-state index in [4.69, 9.17) is 0 Å². The lowest BCUT2D eigenvalue weighted by atomic mass is 9.92. The Morgan fingerprint density at radius 3 is 2.53 bits per heavy atom. The summed E-state index contributed by atoms with van der Waals surface area (Å²) in [6.45, 7) is 4.65. The molecule has 0 spiro atoms. The van der Waals surface area contributed by atoms with Gasteiger partial charge in [-0.1, -0.05) is 84.2 Å². The average molecular weight is 386 g/mol. The van der Waals surface area contributed by atoms with Crippen LogP contribution in [0.5, 0.6) is 0 Å². The monoisotopic (exact) mass is 384 g/mol. The fraction of sp³-hybridized carbons (Fsp3) is 1.00. The zero-order valence-corrected chi connectivity index (χ0v) is 15.2. The molecule has 1 saturated heterocycles. The molecule has 0 aromatic rings. The third-order valence-electron chi connectivity index (χ3n) is 3.70. The Morgan fingerprint density at radius 2 is 2.00 bits per heavy atom. The van der Waals surface area contributed by atoms with Crippen LogP contribution in [0.1, 0.15) is 65.2 Å². The highest BCUT2D eigenvalue weighted by molar-refractivity contribution is 9.25. The van der Waals surface area contributed by atoms with Crippen LogP contribution < -0.4 is 0 Å². The minimum Gasteiger partial charge on any atom is -0.156 e. The van der Waals surface area contributed by atoms with Crippen molar-refractivity contribution in [1.29, 1.82) is 0 Å². The molecule has 1 aliphatic heterocycles. The van der Waals surface area contributed by atoms with Crippen LogP contribution >= 0.6 is 43.6 Å². The normalized spacial score (nSPS) is 25.1. The van der Waals surface area contributed by atoms with E-state index in [9.17, 15) is 0 Å². The highest BCUT2D eigenvalue weighted by Crippen LogP contribution is 2.47. The lowest BCUT2D eigenvalue weighted by Crippen LogP contribution is -2.13. The molecule has 1 heterocycles. The van der Waals surface area contributed by atoms with Crippen molar-refractivity contribution in [3.05, 3.63) is 0 Å². The topological polar surface area (TPSA) is 0 Å². The maximum atomic E-state index is 3.76. The van der Waals surface area contributed by atoms with E-state index >= 15 is 0 Å². The minimum absolute atomic E-state index is 0.232. The Labute approximate surface area is 128 Å². The number of unbranched alkanes of at least 4 members (excludes halogenated alkanes) is 3. The van der Waals surface area contributed by atoms with Gasteiger partial charge in [0.25, 0.3) is 0 Å². The minimum atomic E-state index is 0.232. The van der Waals surface area contributed by atoms with Gasteiger partial charge in [0.2, 0.25) is 0 Å². The van der Waals surface area contributed by atoms with Crippen molar-refractivity contribution >= 4 is 43.6 Å². The fourth-order valence-corrected chi connectivity index (χ4v) is 5.97. The van der Waals surface area contributed by atoms with Gasteiger partial charge >= 0.3 is 0 Å². The van der Waals surface area contributed by atoms with Crippen molar-refractivity contribution in [2.24, 2.45) is 5.92 Å². The smallest absolute Gasteiger partial charge is 0.0906 e. The summed E-state index contributed by atoms with van der Waals surface area (Å²) in [5.41, 5.74) is 0. The van der Waals surface area contributed by atoms with Gasteiger partial charge in [0.1, 0.15) is 0 Å². The van der Waals surface area contributed by atoms with Crippen molar-refractivity contribution in [3.63, 3.8) is 0 Å². The van der Waals surface area contributed by atoms with Gasteiger partial charge in [0.15, 0.2) is 0 Å². The Kier molecular flexibility index (Phi) is 8.16. The van der Waals surface area contributed by atoms with E-state index in [-0.39, 0.29) is 3.23 Å². The molecule has 0 radical (unpaired) electrons. The number of hydrogen-bond donors (Lipinski definition) is 0. The summed E-state index contributed by atoms with van der Waals surface area (Å²) in [6, 6.07) is 0. The fourth-order valence-electron chi connectivity index (χ4n) is 2.56. The van der Waals surface area contributed by atoms with Gasteiger partial charge in [-0.15, -0.1) is 0 Å². The number of thioether (sulfide) groups is 1. The maximum Gasteiger partial charge on any atom is 0.0906 e. The van der Waals surface area contributed by atoms with Gasteiger partial charge in [0.05, 0.1) is 3.23 Å². The maximum absolute atomic E-state index is 3.76. The highest BCUT2D eigenvalue weighted by atomic mass is 79.9. The Balaban J connectivity index is 2.18. The second-order valence-electron chi connectivity index (χ2n) is 5.35. The van der Waals surface area contributed by atoms with E-state index in [0.717, 1.165) is 11.2 Å². The molecule has 0 aromatic carbocycles. The molecule has 0 aromatic heterocycles.